The number of primary amides is 1. The maximum atomic E-state index is 14.3. The van der Waals surface area contributed by atoms with Crippen LogP contribution in [-0.4, -0.2) is 76.2 Å². The van der Waals surface area contributed by atoms with Gasteiger partial charge < -0.3 is 25.6 Å². The standard InChI is InChI=1S/C42H51N5O5/c1-3-5-12-22-46(23-13-6-4-2)42(51)38-27-35(29-47(38)41(50)33-26-32-16-10-11-17-36(32)44-28-33)52-34-20-18-31(19-21-34)24-37(40(43)49)45-39(48)25-30-14-8-7-9-15-30/h7-11,14-21,26,28,35,37-38H,3-6,12-13,22-25,27,29H2,1-2H3,(H2,43,49)(H,45,48)/t35-,37-,38-/m0/s1. The molecule has 10 nitrogen and oxygen atoms in total. The number of hydrogen-bond acceptors (Lipinski definition) is 6. The lowest BCUT2D eigenvalue weighted by Crippen LogP contribution is -2.48. The molecule has 0 bridgehead atoms. The Labute approximate surface area is 306 Å². The monoisotopic (exact) mass is 705 g/mol. The van der Waals surface area contributed by atoms with Crippen LogP contribution in [0.5, 0.6) is 5.75 Å². The minimum absolute atomic E-state index is 0.0393. The van der Waals surface area contributed by atoms with Gasteiger partial charge in [0.1, 0.15) is 23.9 Å². The quantitative estimate of drug-likeness (QED) is 0.125. The summed E-state index contributed by atoms with van der Waals surface area (Å²) in [5.74, 6) is -0.607. The molecule has 5 rings (SSSR count). The summed E-state index contributed by atoms with van der Waals surface area (Å²) in [7, 11) is 0. The maximum Gasteiger partial charge on any atom is 0.256 e. The highest BCUT2D eigenvalue weighted by atomic mass is 16.5. The van der Waals surface area contributed by atoms with Gasteiger partial charge in [0, 0.05) is 37.5 Å². The highest BCUT2D eigenvalue weighted by Crippen LogP contribution is 2.28. The number of amides is 4. The van der Waals surface area contributed by atoms with E-state index in [-0.39, 0.29) is 37.1 Å². The molecule has 0 radical (unpaired) electrons. The highest BCUT2D eigenvalue weighted by molar-refractivity contribution is 6.00. The lowest BCUT2D eigenvalue weighted by Gasteiger charge is -2.30. The van der Waals surface area contributed by atoms with Gasteiger partial charge in [-0.25, -0.2) is 0 Å². The van der Waals surface area contributed by atoms with Gasteiger partial charge in [-0.15, -0.1) is 0 Å². The van der Waals surface area contributed by atoms with Crippen LogP contribution >= 0.6 is 0 Å². The molecule has 1 saturated heterocycles. The second kappa shape index (κ2) is 18.8. The summed E-state index contributed by atoms with van der Waals surface area (Å²) in [6.45, 7) is 5.87. The van der Waals surface area contributed by atoms with Crippen molar-refractivity contribution in [2.45, 2.75) is 89.8 Å². The number of pyridine rings is 1. The van der Waals surface area contributed by atoms with Crippen LogP contribution in [-0.2, 0) is 27.2 Å². The number of unbranched alkanes of at least 4 members (excludes halogenated alkanes) is 4. The van der Waals surface area contributed by atoms with Crippen molar-refractivity contribution in [1.82, 2.24) is 20.1 Å². The molecule has 3 atom stereocenters. The summed E-state index contributed by atoms with van der Waals surface area (Å²) in [5.41, 5.74) is 8.53. The fraction of sp³-hybridized carbons (Fsp3) is 0.405. The van der Waals surface area contributed by atoms with Crippen molar-refractivity contribution in [1.29, 1.82) is 0 Å². The van der Waals surface area contributed by atoms with Gasteiger partial charge in [0.2, 0.25) is 17.7 Å². The van der Waals surface area contributed by atoms with Gasteiger partial charge in [0.15, 0.2) is 0 Å². The number of para-hydroxylation sites is 1. The molecule has 2 heterocycles. The molecule has 4 amide bonds. The maximum absolute atomic E-state index is 14.3. The molecule has 1 aromatic heterocycles. The van der Waals surface area contributed by atoms with E-state index in [4.69, 9.17) is 10.5 Å². The van der Waals surface area contributed by atoms with E-state index in [1.54, 1.807) is 23.2 Å². The number of nitrogens with one attached hydrogen (secondary N) is 1. The summed E-state index contributed by atoms with van der Waals surface area (Å²) < 4.78 is 6.42. The molecule has 52 heavy (non-hydrogen) atoms. The van der Waals surface area contributed by atoms with Crippen molar-refractivity contribution < 1.29 is 23.9 Å². The number of hydrogen-bond donors (Lipinski definition) is 2. The van der Waals surface area contributed by atoms with E-state index >= 15 is 0 Å². The van der Waals surface area contributed by atoms with Crippen molar-refractivity contribution in [3.63, 3.8) is 0 Å². The first-order chi connectivity index (χ1) is 25.2. The second-order valence-electron chi connectivity index (χ2n) is 13.6. The third kappa shape index (κ3) is 10.4. The van der Waals surface area contributed by atoms with Gasteiger partial charge in [-0.2, -0.15) is 0 Å². The van der Waals surface area contributed by atoms with E-state index in [0.717, 1.165) is 60.6 Å². The van der Waals surface area contributed by atoms with Gasteiger partial charge in [-0.1, -0.05) is 100 Å². The van der Waals surface area contributed by atoms with Gasteiger partial charge in [-0.05, 0) is 48.2 Å². The van der Waals surface area contributed by atoms with Crippen LogP contribution in [0.3, 0.4) is 0 Å². The molecule has 1 fully saturated rings. The summed E-state index contributed by atoms with van der Waals surface area (Å²) in [6, 6.07) is 24.5. The summed E-state index contributed by atoms with van der Waals surface area (Å²) >= 11 is 0. The molecule has 3 N–H and O–H groups in total. The fourth-order valence-corrected chi connectivity index (χ4v) is 6.73. The number of likely N-dealkylation sites (tertiary alicyclic amines) is 1. The Hall–Kier alpha value is -5.25. The van der Waals surface area contributed by atoms with Gasteiger partial charge in [-0.3, -0.25) is 24.2 Å². The van der Waals surface area contributed by atoms with E-state index in [2.05, 4.69) is 24.1 Å². The van der Waals surface area contributed by atoms with Crippen molar-refractivity contribution in [3.05, 3.63) is 108 Å². The average Bonchev–Trinajstić information content (AvgIpc) is 3.58. The minimum atomic E-state index is -0.869. The first-order valence-corrected chi connectivity index (χ1v) is 18.6. The first kappa shape index (κ1) is 38.0. The Morgan fingerprint density at radius 3 is 2.23 bits per heavy atom. The van der Waals surface area contributed by atoms with E-state index < -0.39 is 24.1 Å². The average molecular weight is 706 g/mol. The zero-order valence-corrected chi connectivity index (χ0v) is 30.3. The van der Waals surface area contributed by atoms with Crippen molar-refractivity contribution in [2.24, 2.45) is 5.73 Å². The van der Waals surface area contributed by atoms with Crippen molar-refractivity contribution in [2.75, 3.05) is 19.6 Å². The number of aromatic nitrogens is 1. The number of ether oxygens (including phenoxy) is 1. The molecule has 274 valence electrons. The van der Waals surface area contributed by atoms with Gasteiger partial charge >= 0.3 is 0 Å². The third-order valence-electron chi connectivity index (χ3n) is 9.57. The fourth-order valence-electron chi connectivity index (χ4n) is 6.73. The Balaban J connectivity index is 1.29. The molecular formula is C42H51N5O5. The van der Waals surface area contributed by atoms with Crippen molar-refractivity contribution in [3.8, 4) is 5.75 Å². The molecule has 1 aliphatic heterocycles. The normalized spacial score (nSPS) is 16.0. The Bertz CT molecular complexity index is 1790. The lowest BCUT2D eigenvalue weighted by atomic mass is 10.0. The predicted molar refractivity (Wildman–Crippen MR) is 203 cm³/mol. The van der Waals surface area contributed by atoms with E-state index in [1.165, 1.54) is 0 Å². The number of fused-ring (bicyclic) bond motifs is 1. The van der Waals surface area contributed by atoms with Crippen LogP contribution in [0.15, 0.2) is 91.1 Å². The highest BCUT2D eigenvalue weighted by Gasteiger charge is 2.42. The molecule has 3 aromatic carbocycles. The largest absolute Gasteiger partial charge is 0.488 e. The van der Waals surface area contributed by atoms with Crippen LogP contribution < -0.4 is 15.8 Å². The summed E-state index contributed by atoms with van der Waals surface area (Å²) in [4.78, 5) is 61.4. The van der Waals surface area contributed by atoms with Crippen molar-refractivity contribution >= 4 is 34.5 Å². The Morgan fingerprint density at radius 2 is 1.56 bits per heavy atom. The molecule has 0 spiro atoms. The molecule has 0 unspecified atom stereocenters. The van der Waals surface area contributed by atoms with Crippen LogP contribution in [0.1, 0.15) is 80.3 Å². The van der Waals surface area contributed by atoms with E-state index in [1.807, 2.05) is 77.7 Å². The third-order valence-corrected chi connectivity index (χ3v) is 9.57. The summed E-state index contributed by atoms with van der Waals surface area (Å²) in [6.07, 6.45) is 7.93. The first-order valence-electron chi connectivity index (χ1n) is 18.6. The van der Waals surface area contributed by atoms with E-state index in [9.17, 15) is 19.2 Å². The number of rotatable bonds is 18. The number of carbonyl (C=O) groups is 4. The molecule has 0 aliphatic carbocycles. The molecule has 10 heteroatoms. The van der Waals surface area contributed by atoms with Crippen LogP contribution in [0, 0.1) is 0 Å². The van der Waals surface area contributed by atoms with Gasteiger partial charge in [0.05, 0.1) is 24.0 Å². The Kier molecular flexibility index (Phi) is 13.8. The van der Waals surface area contributed by atoms with Crippen LogP contribution in [0.25, 0.3) is 10.9 Å². The van der Waals surface area contributed by atoms with E-state index in [0.29, 0.717) is 30.8 Å². The predicted octanol–water partition coefficient (Wildman–Crippen LogP) is 5.86. The van der Waals surface area contributed by atoms with Crippen LogP contribution in [0.2, 0.25) is 0 Å². The number of nitrogens with two attached hydrogens (primary N) is 1. The topological polar surface area (TPSA) is 135 Å². The second-order valence-corrected chi connectivity index (χ2v) is 13.6. The zero-order valence-electron chi connectivity index (χ0n) is 30.3. The molecule has 1 aliphatic rings. The molecule has 4 aromatic rings. The molecular weight excluding hydrogens is 654 g/mol. The number of nitrogens with zero attached hydrogens (tertiary/aromatic N) is 3. The zero-order chi connectivity index (χ0) is 36.9. The van der Waals surface area contributed by atoms with Gasteiger partial charge in [0.25, 0.3) is 5.91 Å². The lowest BCUT2D eigenvalue weighted by molar-refractivity contribution is -0.135. The summed E-state index contributed by atoms with van der Waals surface area (Å²) in [5, 5.41) is 3.62. The molecule has 0 saturated carbocycles. The smallest absolute Gasteiger partial charge is 0.256 e. The minimum Gasteiger partial charge on any atom is -0.488 e. The number of benzene rings is 3. The Morgan fingerprint density at radius 1 is 0.885 bits per heavy atom. The SMILES string of the molecule is CCCCCN(CCCCC)C(=O)[C@@H]1C[C@H](Oc2ccc(C[C@H](NC(=O)Cc3ccccc3)C(N)=O)cc2)CN1C(=O)c1cnc2ccccc2c1. The number of carbonyl (C=O) groups excluding carboxylic acids is 4. The van der Waals surface area contributed by atoms with Crippen LogP contribution in [0.4, 0.5) is 0 Å².